The quantitative estimate of drug-likeness (QED) is 0.589. The molecule has 3 amide bonds. The van der Waals surface area contributed by atoms with Crippen molar-refractivity contribution in [1.82, 2.24) is 5.32 Å². The van der Waals surface area contributed by atoms with Gasteiger partial charge < -0.3 is 15.5 Å². The minimum Gasteiger partial charge on any atom is -0.336 e. The summed E-state index contributed by atoms with van der Waals surface area (Å²) in [6.07, 6.45) is 0.397. The number of halogens is 1. The number of anilines is 2. The van der Waals surface area contributed by atoms with Crippen molar-refractivity contribution in [1.29, 1.82) is 0 Å². The van der Waals surface area contributed by atoms with Gasteiger partial charge in [-0.15, -0.1) is 0 Å². The molecule has 1 aliphatic rings. The number of nitrogens with zero attached hydrogens (tertiary/aromatic N) is 1. The van der Waals surface area contributed by atoms with Crippen molar-refractivity contribution in [2.24, 2.45) is 0 Å². The largest absolute Gasteiger partial charge is 0.336 e. The minimum atomic E-state index is -0.854. The first kappa shape index (κ1) is 21.6. The molecule has 0 saturated carbocycles. The minimum absolute atomic E-state index is 0.288. The summed E-state index contributed by atoms with van der Waals surface area (Å²) < 4.78 is 0. The zero-order valence-electron chi connectivity index (χ0n) is 17.5. The molecule has 0 bridgehead atoms. The molecule has 1 heterocycles. The second-order valence-corrected chi connectivity index (χ2v) is 8.06. The van der Waals surface area contributed by atoms with Gasteiger partial charge in [0.2, 0.25) is 5.91 Å². The van der Waals surface area contributed by atoms with Gasteiger partial charge in [-0.25, -0.2) is 0 Å². The third-order valence-corrected chi connectivity index (χ3v) is 5.66. The topological polar surface area (TPSA) is 78.5 Å². The van der Waals surface area contributed by atoms with Crippen LogP contribution in [0.4, 0.5) is 11.4 Å². The molecule has 2 N–H and O–H groups in total. The molecule has 1 atom stereocenters. The highest BCUT2D eigenvalue weighted by atomic mass is 35.5. The Kier molecular flexibility index (Phi) is 6.23. The normalized spacial score (nSPS) is 15.5. The summed E-state index contributed by atoms with van der Waals surface area (Å²) in [5.74, 6) is -1.96. The number of hydrogen-bond acceptors (Lipinski definition) is 3. The zero-order valence-corrected chi connectivity index (χ0v) is 18.2. The Hall–Kier alpha value is -3.64. The molecule has 4 rings (SSSR count). The number of aryl methyl sites for hydroxylation is 1. The summed E-state index contributed by atoms with van der Waals surface area (Å²) in [5, 5.41) is 5.58. The van der Waals surface area contributed by atoms with Gasteiger partial charge in [-0.3, -0.25) is 14.4 Å². The Morgan fingerprint density at radius 3 is 2.31 bits per heavy atom. The van der Waals surface area contributed by atoms with E-state index in [4.69, 9.17) is 11.6 Å². The van der Waals surface area contributed by atoms with Gasteiger partial charge in [0.25, 0.3) is 0 Å². The molecule has 3 aromatic rings. The van der Waals surface area contributed by atoms with Crippen LogP contribution in [0.5, 0.6) is 0 Å². The average Bonchev–Trinajstić information content (AvgIpc) is 3.14. The first-order valence-electron chi connectivity index (χ1n) is 10.3. The Balaban J connectivity index is 1.36. The van der Waals surface area contributed by atoms with Crippen molar-refractivity contribution < 1.29 is 14.4 Å². The lowest BCUT2D eigenvalue weighted by Gasteiger charge is -2.19. The molecule has 0 radical (unpaired) electrons. The second-order valence-electron chi connectivity index (χ2n) is 7.66. The van der Waals surface area contributed by atoms with E-state index in [1.165, 1.54) is 4.90 Å². The summed E-state index contributed by atoms with van der Waals surface area (Å²) in [7, 11) is 0. The van der Waals surface area contributed by atoms with Crippen LogP contribution in [0.1, 0.15) is 12.0 Å². The van der Waals surface area contributed by atoms with Crippen molar-refractivity contribution in [2.45, 2.75) is 19.4 Å². The van der Waals surface area contributed by atoms with Gasteiger partial charge in [-0.2, -0.15) is 0 Å². The van der Waals surface area contributed by atoms with E-state index >= 15 is 0 Å². The van der Waals surface area contributed by atoms with Crippen molar-refractivity contribution in [3.05, 3.63) is 83.4 Å². The molecule has 6 nitrogen and oxygen atoms in total. The predicted molar refractivity (Wildman–Crippen MR) is 126 cm³/mol. The Morgan fingerprint density at radius 2 is 1.62 bits per heavy atom. The Morgan fingerprint density at radius 1 is 0.938 bits per heavy atom. The average molecular weight is 448 g/mol. The number of hydrogen-bond donors (Lipinski definition) is 2. The fourth-order valence-corrected chi connectivity index (χ4v) is 4.01. The highest BCUT2D eigenvalue weighted by Crippen LogP contribution is 2.30. The summed E-state index contributed by atoms with van der Waals surface area (Å²) in [6.45, 7) is 2.33. The van der Waals surface area contributed by atoms with Crippen molar-refractivity contribution in [2.75, 3.05) is 16.8 Å². The number of rotatable bonds is 4. The molecule has 32 heavy (non-hydrogen) atoms. The van der Waals surface area contributed by atoms with Crippen LogP contribution in [0, 0.1) is 6.92 Å². The van der Waals surface area contributed by atoms with E-state index in [0.29, 0.717) is 29.4 Å². The number of nitrogens with one attached hydrogen (secondary N) is 2. The maximum absolute atomic E-state index is 12.8. The van der Waals surface area contributed by atoms with Gasteiger partial charge in [0.1, 0.15) is 6.04 Å². The molecule has 1 aliphatic heterocycles. The number of amides is 3. The molecule has 0 aromatic heterocycles. The van der Waals surface area contributed by atoms with Gasteiger partial charge in [-0.1, -0.05) is 60.1 Å². The van der Waals surface area contributed by atoms with E-state index in [2.05, 4.69) is 10.6 Å². The molecular formula is C25H22ClN3O3. The van der Waals surface area contributed by atoms with Crippen LogP contribution in [-0.2, 0) is 14.4 Å². The Bertz CT molecular complexity index is 1160. The van der Waals surface area contributed by atoms with Crippen molar-refractivity contribution in [3.8, 4) is 11.1 Å². The zero-order chi connectivity index (χ0) is 22.7. The van der Waals surface area contributed by atoms with E-state index < -0.39 is 17.9 Å². The van der Waals surface area contributed by atoms with Gasteiger partial charge in [0.15, 0.2) is 0 Å². The van der Waals surface area contributed by atoms with Gasteiger partial charge in [0.05, 0.1) is 10.7 Å². The van der Waals surface area contributed by atoms with Crippen LogP contribution < -0.4 is 15.5 Å². The maximum Gasteiger partial charge on any atom is 0.313 e. The standard InChI is InChI=1S/C25H22ClN3O3/c1-16-7-12-22(20(26)15-16)29-14-13-21(25(29)32)28-24(31)23(30)27-19-10-8-18(9-11-19)17-5-3-2-4-6-17/h2-12,15,21H,13-14H2,1H3,(H,27,30)(H,28,31). The van der Waals surface area contributed by atoms with Crippen molar-refractivity contribution >= 4 is 40.7 Å². The molecule has 0 aliphatic carbocycles. The van der Waals surface area contributed by atoms with Gasteiger partial charge in [0, 0.05) is 12.2 Å². The van der Waals surface area contributed by atoms with Gasteiger partial charge in [-0.05, 0) is 54.3 Å². The van der Waals surface area contributed by atoms with Crippen LogP contribution in [0.2, 0.25) is 5.02 Å². The van der Waals surface area contributed by atoms with Crippen molar-refractivity contribution in [3.63, 3.8) is 0 Å². The highest BCUT2D eigenvalue weighted by molar-refractivity contribution is 6.40. The fraction of sp³-hybridized carbons (Fsp3) is 0.160. The molecule has 1 saturated heterocycles. The molecule has 1 fully saturated rings. The number of benzene rings is 3. The third-order valence-electron chi connectivity index (χ3n) is 5.36. The molecule has 1 unspecified atom stereocenters. The van der Waals surface area contributed by atoms with E-state index in [-0.39, 0.29) is 5.91 Å². The summed E-state index contributed by atoms with van der Waals surface area (Å²) in [4.78, 5) is 39.0. The third kappa shape index (κ3) is 4.65. The fourth-order valence-electron chi connectivity index (χ4n) is 3.67. The summed E-state index contributed by atoms with van der Waals surface area (Å²) in [6, 6.07) is 21.7. The lowest BCUT2D eigenvalue weighted by atomic mass is 10.1. The molecule has 3 aromatic carbocycles. The molecule has 7 heteroatoms. The predicted octanol–water partition coefficient (Wildman–Crippen LogP) is 4.18. The Labute approximate surface area is 191 Å². The first-order valence-corrected chi connectivity index (χ1v) is 10.6. The monoisotopic (exact) mass is 447 g/mol. The van der Waals surface area contributed by atoms with Crippen LogP contribution in [-0.4, -0.2) is 30.3 Å². The van der Waals surface area contributed by atoms with Crippen LogP contribution in [0.15, 0.2) is 72.8 Å². The number of carbonyl (C=O) groups is 3. The maximum atomic E-state index is 12.8. The van der Waals surface area contributed by atoms with E-state index in [1.54, 1.807) is 24.3 Å². The SMILES string of the molecule is Cc1ccc(N2CCC(NC(=O)C(=O)Nc3ccc(-c4ccccc4)cc3)C2=O)c(Cl)c1. The van der Waals surface area contributed by atoms with E-state index in [1.807, 2.05) is 55.5 Å². The molecule has 162 valence electrons. The van der Waals surface area contributed by atoms with Crippen LogP contribution >= 0.6 is 11.6 Å². The molecule has 0 spiro atoms. The molecular weight excluding hydrogens is 426 g/mol. The second kappa shape index (κ2) is 9.24. The number of carbonyl (C=O) groups excluding carboxylic acids is 3. The van der Waals surface area contributed by atoms with Crippen LogP contribution in [0.25, 0.3) is 11.1 Å². The van der Waals surface area contributed by atoms with E-state index in [0.717, 1.165) is 16.7 Å². The smallest absolute Gasteiger partial charge is 0.313 e. The van der Waals surface area contributed by atoms with Gasteiger partial charge >= 0.3 is 11.8 Å². The lowest BCUT2D eigenvalue weighted by molar-refractivity contribution is -0.137. The lowest BCUT2D eigenvalue weighted by Crippen LogP contribution is -2.46. The van der Waals surface area contributed by atoms with Crippen LogP contribution in [0.3, 0.4) is 0 Å². The first-order chi connectivity index (χ1) is 15.4. The highest BCUT2D eigenvalue weighted by Gasteiger charge is 2.35. The van der Waals surface area contributed by atoms with E-state index in [9.17, 15) is 14.4 Å². The summed E-state index contributed by atoms with van der Waals surface area (Å²) in [5.41, 5.74) is 4.14. The summed E-state index contributed by atoms with van der Waals surface area (Å²) >= 11 is 6.27.